The van der Waals surface area contributed by atoms with E-state index >= 15 is 0 Å². The van der Waals surface area contributed by atoms with Crippen molar-refractivity contribution < 1.29 is 9.90 Å². The van der Waals surface area contributed by atoms with E-state index in [0.29, 0.717) is 16.9 Å². The molecule has 0 atom stereocenters. The first-order valence-electron chi connectivity index (χ1n) is 5.07. The number of nitrogens with zero attached hydrogens (tertiary/aromatic N) is 1. The maximum Gasteiger partial charge on any atom is 0.239 e. The van der Waals surface area contributed by atoms with Crippen molar-refractivity contribution in [3.63, 3.8) is 0 Å². The molecule has 4 nitrogen and oxygen atoms in total. The minimum Gasteiger partial charge on any atom is -0.506 e. The molecule has 0 radical (unpaired) electrons. The summed E-state index contributed by atoms with van der Waals surface area (Å²) in [6.07, 6.45) is 0. The number of alkyl halides is 1. The Labute approximate surface area is 103 Å². The lowest BCUT2D eigenvalue weighted by Crippen LogP contribution is -2.13. The highest BCUT2D eigenvalue weighted by Gasteiger charge is 2.08. The number of phenolic OH excluding ortho intramolecular Hbond substituents is 1. The molecule has 0 aliphatic carbocycles. The van der Waals surface area contributed by atoms with Crippen LogP contribution in [-0.2, 0) is 4.79 Å². The highest BCUT2D eigenvalue weighted by atomic mass is 35.5. The van der Waals surface area contributed by atoms with Crippen LogP contribution in [0, 0.1) is 6.92 Å². The molecule has 0 bridgehead atoms. The predicted octanol–water partition coefficient (Wildman–Crippen LogP) is 2.43. The highest BCUT2D eigenvalue weighted by Crippen LogP contribution is 2.26. The molecule has 0 aliphatic heterocycles. The van der Waals surface area contributed by atoms with Crippen molar-refractivity contribution in [1.82, 2.24) is 4.98 Å². The summed E-state index contributed by atoms with van der Waals surface area (Å²) in [5, 5.41) is 13.1. The van der Waals surface area contributed by atoms with Crippen LogP contribution >= 0.6 is 11.6 Å². The van der Waals surface area contributed by atoms with E-state index in [2.05, 4.69) is 10.3 Å². The molecule has 0 unspecified atom stereocenters. The van der Waals surface area contributed by atoms with Crippen LogP contribution in [0.3, 0.4) is 0 Å². The molecule has 1 aromatic carbocycles. The van der Waals surface area contributed by atoms with Crippen LogP contribution in [0.5, 0.6) is 5.75 Å². The zero-order chi connectivity index (χ0) is 12.4. The molecule has 17 heavy (non-hydrogen) atoms. The number of anilines is 1. The van der Waals surface area contributed by atoms with E-state index in [-0.39, 0.29) is 17.5 Å². The molecular weight excluding hydrogens is 240 g/mol. The first-order valence-corrected chi connectivity index (χ1v) is 5.60. The second kappa shape index (κ2) is 4.59. The van der Waals surface area contributed by atoms with Gasteiger partial charge in [-0.25, -0.2) is 4.98 Å². The van der Waals surface area contributed by atoms with Gasteiger partial charge in [-0.05, 0) is 19.1 Å². The molecule has 1 heterocycles. The third kappa shape index (κ3) is 2.31. The van der Waals surface area contributed by atoms with Gasteiger partial charge in [0.15, 0.2) is 0 Å². The van der Waals surface area contributed by atoms with E-state index in [1.54, 1.807) is 25.1 Å². The van der Waals surface area contributed by atoms with Crippen molar-refractivity contribution in [2.24, 2.45) is 0 Å². The first-order chi connectivity index (χ1) is 8.11. The summed E-state index contributed by atoms with van der Waals surface area (Å²) in [4.78, 5) is 15.5. The molecule has 2 N–H and O–H groups in total. The van der Waals surface area contributed by atoms with Crippen LogP contribution in [0.25, 0.3) is 10.9 Å². The van der Waals surface area contributed by atoms with Gasteiger partial charge in [0.1, 0.15) is 17.1 Å². The number of hydrogen-bond acceptors (Lipinski definition) is 3. The molecule has 0 saturated carbocycles. The number of aromatic hydroxyl groups is 1. The van der Waals surface area contributed by atoms with Gasteiger partial charge in [-0.2, -0.15) is 0 Å². The second-order valence-electron chi connectivity index (χ2n) is 3.65. The molecule has 1 amide bonds. The monoisotopic (exact) mass is 250 g/mol. The van der Waals surface area contributed by atoms with Gasteiger partial charge in [0.2, 0.25) is 5.91 Å². The Morgan fingerprint density at radius 3 is 3.00 bits per heavy atom. The van der Waals surface area contributed by atoms with Crippen molar-refractivity contribution >= 4 is 34.1 Å². The molecule has 5 heteroatoms. The molecular formula is C12H11ClN2O2. The van der Waals surface area contributed by atoms with Crippen molar-refractivity contribution in [1.29, 1.82) is 0 Å². The number of aryl methyl sites for hydroxylation is 1. The van der Waals surface area contributed by atoms with Crippen molar-refractivity contribution in [3.8, 4) is 5.75 Å². The number of amides is 1. The molecule has 0 fully saturated rings. The number of phenols is 1. The Kier molecular flexibility index (Phi) is 3.15. The maximum absolute atomic E-state index is 11.2. The number of hydrogen-bond donors (Lipinski definition) is 2. The molecule has 88 valence electrons. The average molecular weight is 251 g/mol. The lowest BCUT2D eigenvalue weighted by Gasteiger charge is -2.08. The molecule has 0 aliphatic rings. The summed E-state index contributed by atoms with van der Waals surface area (Å²) >= 11 is 5.43. The first kappa shape index (κ1) is 11.7. The summed E-state index contributed by atoms with van der Waals surface area (Å²) < 4.78 is 0. The summed E-state index contributed by atoms with van der Waals surface area (Å²) in [5.74, 6) is -0.255. The number of carbonyl (C=O) groups is 1. The summed E-state index contributed by atoms with van der Waals surface area (Å²) in [5.41, 5.74) is 1.76. The number of pyridine rings is 1. The quantitative estimate of drug-likeness (QED) is 0.805. The van der Waals surface area contributed by atoms with Gasteiger partial charge in [-0.1, -0.05) is 12.1 Å². The fraction of sp³-hybridized carbons (Fsp3) is 0.167. The number of halogens is 1. The molecule has 1 aromatic heterocycles. The highest BCUT2D eigenvalue weighted by molar-refractivity contribution is 6.29. The standard InChI is InChI=1S/C12H11ClN2O2/c1-7-9(15-11(17)6-13)5-8-3-2-4-10(16)12(8)14-7/h2-5,16H,6H2,1H3,(H,15,17). The average Bonchev–Trinajstić information content (AvgIpc) is 2.31. The lowest BCUT2D eigenvalue weighted by molar-refractivity contribution is -0.113. The number of rotatable bonds is 2. The summed E-state index contributed by atoms with van der Waals surface area (Å²) in [6, 6.07) is 6.88. The zero-order valence-corrected chi connectivity index (χ0v) is 9.95. The lowest BCUT2D eigenvalue weighted by atomic mass is 10.1. The molecule has 2 rings (SSSR count). The minimum absolute atomic E-state index is 0.0997. The van der Waals surface area contributed by atoms with Gasteiger partial charge < -0.3 is 10.4 Å². The van der Waals surface area contributed by atoms with Crippen molar-refractivity contribution in [3.05, 3.63) is 30.0 Å². The Balaban J connectivity index is 2.52. The van der Waals surface area contributed by atoms with Gasteiger partial charge in [-0.15, -0.1) is 11.6 Å². The fourth-order valence-corrected chi connectivity index (χ4v) is 1.65. The topological polar surface area (TPSA) is 62.2 Å². The van der Waals surface area contributed by atoms with Crippen LogP contribution in [0.15, 0.2) is 24.3 Å². The van der Waals surface area contributed by atoms with Crippen LogP contribution in [0.2, 0.25) is 0 Å². The Morgan fingerprint density at radius 2 is 2.29 bits per heavy atom. The summed E-state index contributed by atoms with van der Waals surface area (Å²) in [6.45, 7) is 1.76. The largest absolute Gasteiger partial charge is 0.506 e. The number of aromatic nitrogens is 1. The van der Waals surface area contributed by atoms with E-state index in [0.717, 1.165) is 5.39 Å². The van der Waals surface area contributed by atoms with E-state index in [9.17, 15) is 9.90 Å². The Hall–Kier alpha value is -1.81. The van der Waals surface area contributed by atoms with Gasteiger partial charge in [-0.3, -0.25) is 4.79 Å². The van der Waals surface area contributed by atoms with Crippen LogP contribution in [0.1, 0.15) is 5.69 Å². The zero-order valence-electron chi connectivity index (χ0n) is 9.20. The molecule has 2 aromatic rings. The maximum atomic E-state index is 11.2. The predicted molar refractivity (Wildman–Crippen MR) is 67.5 cm³/mol. The van der Waals surface area contributed by atoms with Crippen LogP contribution in [0.4, 0.5) is 5.69 Å². The number of para-hydroxylation sites is 1. The minimum atomic E-state index is -0.281. The number of benzene rings is 1. The smallest absolute Gasteiger partial charge is 0.239 e. The molecule has 0 saturated heterocycles. The van der Waals surface area contributed by atoms with Crippen LogP contribution in [-0.4, -0.2) is 21.9 Å². The van der Waals surface area contributed by atoms with Gasteiger partial charge >= 0.3 is 0 Å². The van der Waals surface area contributed by atoms with Gasteiger partial charge in [0, 0.05) is 5.39 Å². The van der Waals surface area contributed by atoms with Crippen molar-refractivity contribution in [2.75, 3.05) is 11.2 Å². The van der Waals surface area contributed by atoms with E-state index < -0.39 is 0 Å². The number of nitrogens with one attached hydrogen (secondary N) is 1. The van der Waals surface area contributed by atoms with Gasteiger partial charge in [0.05, 0.1) is 11.4 Å². The number of carbonyl (C=O) groups excluding carboxylic acids is 1. The van der Waals surface area contributed by atoms with Gasteiger partial charge in [0.25, 0.3) is 0 Å². The third-order valence-corrected chi connectivity index (χ3v) is 2.65. The number of fused-ring (bicyclic) bond motifs is 1. The van der Waals surface area contributed by atoms with E-state index in [1.807, 2.05) is 6.07 Å². The second-order valence-corrected chi connectivity index (χ2v) is 3.92. The van der Waals surface area contributed by atoms with E-state index in [1.165, 1.54) is 0 Å². The normalized spacial score (nSPS) is 10.5. The fourth-order valence-electron chi connectivity index (χ4n) is 1.58. The van der Waals surface area contributed by atoms with Crippen molar-refractivity contribution in [2.45, 2.75) is 6.92 Å². The molecule has 0 spiro atoms. The summed E-state index contributed by atoms with van der Waals surface area (Å²) in [7, 11) is 0. The van der Waals surface area contributed by atoms with Crippen LogP contribution < -0.4 is 5.32 Å². The Bertz CT molecular complexity index is 584. The Morgan fingerprint density at radius 1 is 1.53 bits per heavy atom. The third-order valence-electron chi connectivity index (χ3n) is 2.41. The van der Waals surface area contributed by atoms with E-state index in [4.69, 9.17) is 11.6 Å². The SMILES string of the molecule is Cc1nc2c(O)cccc2cc1NC(=O)CCl.